The Morgan fingerprint density at radius 3 is 3.00 bits per heavy atom. The van der Waals surface area contributed by atoms with Gasteiger partial charge >= 0.3 is 0 Å². The van der Waals surface area contributed by atoms with Crippen molar-refractivity contribution in [3.8, 4) is 5.75 Å². The summed E-state index contributed by atoms with van der Waals surface area (Å²) in [6, 6.07) is 1.82. The number of carbonyl (C=O) groups excluding carboxylic acids is 1. The van der Waals surface area contributed by atoms with E-state index in [0.717, 1.165) is 23.4 Å². The monoisotopic (exact) mass is 208 g/mol. The van der Waals surface area contributed by atoms with E-state index in [-0.39, 0.29) is 0 Å². The van der Waals surface area contributed by atoms with Crippen LogP contribution in [0.4, 0.5) is 5.82 Å². The normalized spacial score (nSPS) is 9.73. The molecule has 0 unspecified atom stereocenters. The first-order chi connectivity index (χ1) is 7.33. The smallest absolute Gasteiger partial charge is 0.132 e. The fourth-order valence-electron chi connectivity index (χ4n) is 1.43. The first-order valence-electron chi connectivity index (χ1n) is 5.05. The van der Waals surface area contributed by atoms with Crippen LogP contribution in [0.3, 0.4) is 0 Å². The average Bonchev–Trinajstić information content (AvgIpc) is 2.27. The van der Waals surface area contributed by atoms with E-state index in [4.69, 9.17) is 4.74 Å². The lowest BCUT2D eigenvalue weighted by atomic mass is 10.1. The number of nitrogens with one attached hydrogen (secondary N) is 1. The lowest BCUT2D eigenvalue weighted by molar-refractivity contribution is -0.107. The molecule has 0 saturated heterocycles. The molecule has 1 heterocycles. The number of pyridine rings is 1. The van der Waals surface area contributed by atoms with Crippen molar-refractivity contribution in [3.63, 3.8) is 0 Å². The van der Waals surface area contributed by atoms with Gasteiger partial charge in [-0.3, -0.25) is 0 Å². The topological polar surface area (TPSA) is 51.2 Å². The molecule has 0 bridgehead atoms. The molecule has 1 rings (SSSR count). The van der Waals surface area contributed by atoms with Crippen molar-refractivity contribution in [2.24, 2.45) is 0 Å². The second-order valence-electron chi connectivity index (χ2n) is 3.02. The molecule has 0 radical (unpaired) electrons. The number of hydrogen-bond acceptors (Lipinski definition) is 4. The zero-order chi connectivity index (χ0) is 11.1. The Balaban J connectivity index is 2.96. The number of rotatable bonds is 6. The SMILES string of the molecule is CCOc1ccnc(NC)c1CCC=O. The van der Waals surface area contributed by atoms with Crippen LogP contribution in [0.15, 0.2) is 12.3 Å². The summed E-state index contributed by atoms with van der Waals surface area (Å²) in [7, 11) is 1.81. The molecule has 0 amide bonds. The summed E-state index contributed by atoms with van der Waals surface area (Å²) in [6.07, 6.45) is 3.74. The van der Waals surface area contributed by atoms with Gasteiger partial charge < -0.3 is 14.8 Å². The van der Waals surface area contributed by atoms with Crippen LogP contribution >= 0.6 is 0 Å². The number of nitrogens with zero attached hydrogens (tertiary/aromatic N) is 1. The Morgan fingerprint density at radius 2 is 2.40 bits per heavy atom. The molecule has 0 spiro atoms. The fraction of sp³-hybridized carbons (Fsp3) is 0.455. The van der Waals surface area contributed by atoms with E-state index in [0.29, 0.717) is 19.4 Å². The third-order valence-electron chi connectivity index (χ3n) is 2.06. The second kappa shape index (κ2) is 6.01. The summed E-state index contributed by atoms with van der Waals surface area (Å²) in [4.78, 5) is 14.6. The van der Waals surface area contributed by atoms with Gasteiger partial charge in [-0.15, -0.1) is 0 Å². The van der Waals surface area contributed by atoms with Crippen LogP contribution in [0.25, 0.3) is 0 Å². The van der Waals surface area contributed by atoms with Crippen molar-refractivity contribution >= 4 is 12.1 Å². The lowest BCUT2D eigenvalue weighted by Crippen LogP contribution is -2.03. The van der Waals surface area contributed by atoms with Crippen LogP contribution in [0.5, 0.6) is 5.75 Å². The highest BCUT2D eigenvalue weighted by atomic mass is 16.5. The van der Waals surface area contributed by atoms with E-state index in [1.165, 1.54) is 0 Å². The number of carbonyl (C=O) groups is 1. The van der Waals surface area contributed by atoms with E-state index < -0.39 is 0 Å². The number of ether oxygens (including phenoxy) is 1. The third-order valence-corrected chi connectivity index (χ3v) is 2.06. The van der Waals surface area contributed by atoms with Crippen molar-refractivity contribution in [1.29, 1.82) is 0 Å². The second-order valence-corrected chi connectivity index (χ2v) is 3.02. The Hall–Kier alpha value is -1.58. The maximum Gasteiger partial charge on any atom is 0.132 e. The molecule has 4 nitrogen and oxygen atoms in total. The molecule has 0 aliphatic heterocycles. The molecule has 0 fully saturated rings. The molecule has 1 aromatic rings. The largest absolute Gasteiger partial charge is 0.493 e. The number of aldehydes is 1. The fourth-order valence-corrected chi connectivity index (χ4v) is 1.43. The molecule has 0 aromatic carbocycles. The van der Waals surface area contributed by atoms with Crippen LogP contribution in [-0.4, -0.2) is 24.9 Å². The summed E-state index contributed by atoms with van der Waals surface area (Å²) >= 11 is 0. The molecule has 1 N–H and O–H groups in total. The summed E-state index contributed by atoms with van der Waals surface area (Å²) in [5, 5.41) is 3.00. The van der Waals surface area contributed by atoms with Gasteiger partial charge in [0.15, 0.2) is 0 Å². The Kier molecular flexibility index (Phi) is 4.60. The number of hydrogen-bond donors (Lipinski definition) is 1. The standard InChI is InChI=1S/C11H16N2O2/c1-3-15-10-6-7-13-11(12-2)9(10)5-4-8-14/h6-8H,3-5H2,1-2H3,(H,12,13). The highest BCUT2D eigenvalue weighted by Gasteiger charge is 2.08. The van der Waals surface area contributed by atoms with Crippen LogP contribution in [0.1, 0.15) is 18.9 Å². The van der Waals surface area contributed by atoms with E-state index >= 15 is 0 Å². The predicted molar refractivity (Wildman–Crippen MR) is 59.3 cm³/mol. The Morgan fingerprint density at radius 1 is 1.60 bits per heavy atom. The molecular weight excluding hydrogens is 192 g/mol. The summed E-state index contributed by atoms with van der Waals surface area (Å²) in [5.74, 6) is 1.58. The van der Waals surface area contributed by atoms with Crippen LogP contribution in [-0.2, 0) is 11.2 Å². The first kappa shape index (κ1) is 11.5. The quantitative estimate of drug-likeness (QED) is 0.722. The molecule has 0 aliphatic rings. The van der Waals surface area contributed by atoms with Crippen LogP contribution < -0.4 is 10.1 Å². The molecule has 0 saturated carbocycles. The zero-order valence-electron chi connectivity index (χ0n) is 9.12. The van der Waals surface area contributed by atoms with E-state index in [1.807, 2.05) is 20.0 Å². The molecule has 4 heteroatoms. The van der Waals surface area contributed by atoms with Crippen LogP contribution in [0.2, 0.25) is 0 Å². The minimum Gasteiger partial charge on any atom is -0.493 e. The van der Waals surface area contributed by atoms with Gasteiger partial charge in [0.1, 0.15) is 17.9 Å². The maximum atomic E-state index is 10.4. The third kappa shape index (κ3) is 2.94. The highest BCUT2D eigenvalue weighted by molar-refractivity contribution is 5.56. The Labute approximate surface area is 89.7 Å². The first-order valence-corrected chi connectivity index (χ1v) is 5.05. The van der Waals surface area contributed by atoms with Crippen molar-refractivity contribution in [2.75, 3.05) is 19.0 Å². The van der Waals surface area contributed by atoms with Gasteiger partial charge in [0, 0.05) is 25.2 Å². The zero-order valence-corrected chi connectivity index (χ0v) is 9.12. The summed E-state index contributed by atoms with van der Waals surface area (Å²) in [6.45, 7) is 2.55. The number of aromatic nitrogens is 1. The van der Waals surface area contributed by atoms with Crippen molar-refractivity contribution in [1.82, 2.24) is 4.98 Å². The van der Waals surface area contributed by atoms with Crippen molar-refractivity contribution < 1.29 is 9.53 Å². The number of anilines is 1. The maximum absolute atomic E-state index is 10.4. The minimum absolute atomic E-state index is 0.487. The van der Waals surface area contributed by atoms with Gasteiger partial charge in [0.05, 0.1) is 6.61 Å². The van der Waals surface area contributed by atoms with Gasteiger partial charge in [-0.05, 0) is 19.4 Å². The molecule has 1 aromatic heterocycles. The molecule has 82 valence electrons. The van der Waals surface area contributed by atoms with E-state index in [2.05, 4.69) is 10.3 Å². The van der Waals surface area contributed by atoms with Crippen molar-refractivity contribution in [3.05, 3.63) is 17.8 Å². The molecule has 15 heavy (non-hydrogen) atoms. The summed E-state index contributed by atoms with van der Waals surface area (Å²) < 4.78 is 5.48. The minimum atomic E-state index is 0.487. The van der Waals surface area contributed by atoms with E-state index in [1.54, 1.807) is 6.20 Å². The lowest BCUT2D eigenvalue weighted by Gasteiger charge is -2.12. The molecule has 0 aliphatic carbocycles. The highest BCUT2D eigenvalue weighted by Crippen LogP contribution is 2.25. The van der Waals surface area contributed by atoms with Gasteiger partial charge in [-0.25, -0.2) is 4.98 Å². The van der Waals surface area contributed by atoms with Gasteiger partial charge in [-0.2, -0.15) is 0 Å². The predicted octanol–water partition coefficient (Wildman–Crippen LogP) is 1.65. The van der Waals surface area contributed by atoms with Gasteiger partial charge in [0.25, 0.3) is 0 Å². The average molecular weight is 208 g/mol. The van der Waals surface area contributed by atoms with Crippen molar-refractivity contribution in [2.45, 2.75) is 19.8 Å². The Bertz CT molecular complexity index is 326. The molecule has 0 atom stereocenters. The molecular formula is C11H16N2O2. The summed E-state index contributed by atoms with van der Waals surface area (Å²) in [5.41, 5.74) is 0.967. The van der Waals surface area contributed by atoms with E-state index in [9.17, 15) is 4.79 Å². The van der Waals surface area contributed by atoms with Gasteiger partial charge in [0.2, 0.25) is 0 Å². The van der Waals surface area contributed by atoms with Crippen LogP contribution in [0, 0.1) is 0 Å². The van der Waals surface area contributed by atoms with Gasteiger partial charge in [-0.1, -0.05) is 0 Å².